The molecule has 0 spiro atoms. The number of amides is 2. The van der Waals surface area contributed by atoms with Crippen LogP contribution in [0, 0.1) is 0 Å². The van der Waals surface area contributed by atoms with E-state index in [0.29, 0.717) is 19.1 Å². The van der Waals surface area contributed by atoms with E-state index in [1.807, 2.05) is 6.92 Å². The van der Waals surface area contributed by atoms with Crippen LogP contribution < -0.4 is 10.6 Å². The topological polar surface area (TPSA) is 64.7 Å². The van der Waals surface area contributed by atoms with Gasteiger partial charge < -0.3 is 15.5 Å². The van der Waals surface area contributed by atoms with Gasteiger partial charge in [-0.3, -0.25) is 14.5 Å². The Kier molecular flexibility index (Phi) is 9.54. The second kappa shape index (κ2) is 9.96. The Bertz CT molecular complexity index is 315. The predicted molar refractivity (Wildman–Crippen MR) is 82.1 cm³/mol. The molecule has 1 heterocycles. The molecule has 20 heavy (non-hydrogen) atoms. The van der Waals surface area contributed by atoms with Crippen molar-refractivity contribution in [2.75, 3.05) is 46.3 Å². The number of hydrogen-bond donors (Lipinski definition) is 2. The molecule has 1 saturated heterocycles. The maximum absolute atomic E-state index is 12.0. The van der Waals surface area contributed by atoms with Crippen LogP contribution in [0.15, 0.2) is 0 Å². The van der Waals surface area contributed by atoms with E-state index in [4.69, 9.17) is 0 Å². The van der Waals surface area contributed by atoms with Gasteiger partial charge in [-0.05, 0) is 13.3 Å². The van der Waals surface area contributed by atoms with Crippen molar-refractivity contribution in [1.82, 2.24) is 20.4 Å². The van der Waals surface area contributed by atoms with E-state index in [0.717, 1.165) is 26.1 Å². The van der Waals surface area contributed by atoms with Gasteiger partial charge in [0.2, 0.25) is 11.8 Å². The summed E-state index contributed by atoms with van der Waals surface area (Å²) < 4.78 is 0. The summed E-state index contributed by atoms with van der Waals surface area (Å²) in [5, 5.41) is 6.07. The quantitative estimate of drug-likeness (QED) is 0.706. The molecule has 7 heteroatoms. The van der Waals surface area contributed by atoms with Crippen LogP contribution in [0.3, 0.4) is 0 Å². The molecule has 1 aliphatic rings. The highest BCUT2D eigenvalue weighted by Crippen LogP contribution is 2.02. The molecule has 118 valence electrons. The summed E-state index contributed by atoms with van der Waals surface area (Å²) in [6.07, 6.45) is 0.904. The molecule has 0 aromatic heterocycles. The average molecular weight is 307 g/mol. The molecular formula is C13H27ClN4O2. The van der Waals surface area contributed by atoms with E-state index < -0.39 is 0 Å². The fourth-order valence-corrected chi connectivity index (χ4v) is 2.04. The van der Waals surface area contributed by atoms with Gasteiger partial charge in [0.25, 0.3) is 0 Å². The average Bonchev–Trinajstić information content (AvgIpc) is 2.38. The largest absolute Gasteiger partial charge is 0.355 e. The van der Waals surface area contributed by atoms with Crippen molar-refractivity contribution in [2.24, 2.45) is 0 Å². The molecule has 0 aromatic rings. The second-order valence-electron chi connectivity index (χ2n) is 5.12. The smallest absolute Gasteiger partial charge is 0.239 e. The molecule has 1 unspecified atom stereocenters. The number of halogens is 1. The predicted octanol–water partition coefficient (Wildman–Crippen LogP) is -0.313. The van der Waals surface area contributed by atoms with Gasteiger partial charge in [-0.2, -0.15) is 0 Å². The summed E-state index contributed by atoms with van der Waals surface area (Å²) in [5.74, 6) is -0.0912. The van der Waals surface area contributed by atoms with Gasteiger partial charge in [0.05, 0.1) is 13.1 Å². The van der Waals surface area contributed by atoms with E-state index in [1.165, 1.54) is 4.90 Å². The highest BCUT2D eigenvalue weighted by molar-refractivity contribution is 5.85. The third-order valence-electron chi connectivity index (χ3n) is 3.36. The van der Waals surface area contributed by atoms with Crippen molar-refractivity contribution >= 4 is 24.2 Å². The number of rotatable bonds is 6. The normalized spacial score (nSPS) is 19.1. The van der Waals surface area contributed by atoms with Crippen LogP contribution in [0.2, 0.25) is 0 Å². The lowest BCUT2D eigenvalue weighted by Crippen LogP contribution is -2.53. The zero-order chi connectivity index (χ0) is 14.3. The van der Waals surface area contributed by atoms with Crippen LogP contribution in [-0.4, -0.2) is 74.0 Å². The van der Waals surface area contributed by atoms with Crippen LogP contribution in [0.4, 0.5) is 0 Å². The van der Waals surface area contributed by atoms with E-state index in [2.05, 4.69) is 22.5 Å². The molecule has 2 amide bonds. The van der Waals surface area contributed by atoms with Crippen LogP contribution in [0.25, 0.3) is 0 Å². The van der Waals surface area contributed by atoms with Crippen molar-refractivity contribution in [1.29, 1.82) is 0 Å². The molecule has 0 aromatic carbocycles. The molecular weight excluding hydrogens is 280 g/mol. The van der Waals surface area contributed by atoms with Gasteiger partial charge in [0.1, 0.15) is 0 Å². The van der Waals surface area contributed by atoms with Crippen molar-refractivity contribution in [3.05, 3.63) is 0 Å². The minimum Gasteiger partial charge on any atom is -0.355 e. The third kappa shape index (κ3) is 6.54. The van der Waals surface area contributed by atoms with Gasteiger partial charge in [0.15, 0.2) is 0 Å². The summed E-state index contributed by atoms with van der Waals surface area (Å²) in [5.41, 5.74) is 0. The molecule has 0 aliphatic carbocycles. The van der Waals surface area contributed by atoms with E-state index in [9.17, 15) is 9.59 Å². The molecule has 0 bridgehead atoms. The molecule has 1 atom stereocenters. The third-order valence-corrected chi connectivity index (χ3v) is 3.36. The first-order chi connectivity index (χ1) is 9.04. The number of carbonyl (C=O) groups is 2. The highest BCUT2D eigenvalue weighted by Gasteiger charge is 2.22. The number of likely N-dealkylation sites (N-methyl/N-ethyl adjacent to an activating group) is 1. The summed E-state index contributed by atoms with van der Waals surface area (Å²) in [4.78, 5) is 27.2. The Balaban J connectivity index is 0.00000361. The maximum Gasteiger partial charge on any atom is 0.239 e. The number of piperazine rings is 1. The summed E-state index contributed by atoms with van der Waals surface area (Å²) in [7, 11) is 1.68. The van der Waals surface area contributed by atoms with Gasteiger partial charge in [-0.25, -0.2) is 0 Å². The lowest BCUT2D eigenvalue weighted by atomic mass is 10.2. The SMILES string of the molecule is CCCNC(=O)CN(C)C(=O)CN1CCNCC1C.Cl. The van der Waals surface area contributed by atoms with Crippen molar-refractivity contribution in [3.63, 3.8) is 0 Å². The minimum atomic E-state index is -0.0916. The highest BCUT2D eigenvalue weighted by atomic mass is 35.5. The molecule has 0 radical (unpaired) electrons. The second-order valence-corrected chi connectivity index (χ2v) is 5.12. The fourth-order valence-electron chi connectivity index (χ4n) is 2.04. The van der Waals surface area contributed by atoms with Gasteiger partial charge in [-0.15, -0.1) is 12.4 Å². The summed E-state index contributed by atoms with van der Waals surface area (Å²) in [6, 6.07) is 0.361. The lowest BCUT2D eigenvalue weighted by molar-refractivity contribution is -0.136. The number of hydrogen-bond acceptors (Lipinski definition) is 4. The summed E-state index contributed by atoms with van der Waals surface area (Å²) >= 11 is 0. The Morgan fingerprint density at radius 2 is 2.15 bits per heavy atom. The standard InChI is InChI=1S/C13H26N4O2.ClH/c1-4-5-15-12(18)9-16(3)13(19)10-17-7-6-14-8-11(17)2;/h11,14H,4-10H2,1-3H3,(H,15,18);1H. The van der Waals surface area contributed by atoms with Crippen molar-refractivity contribution < 1.29 is 9.59 Å². The van der Waals surface area contributed by atoms with Gasteiger partial charge in [0, 0.05) is 39.3 Å². The Morgan fingerprint density at radius 3 is 2.75 bits per heavy atom. The van der Waals surface area contributed by atoms with Gasteiger partial charge >= 0.3 is 0 Å². The first-order valence-electron chi connectivity index (χ1n) is 7.00. The van der Waals surface area contributed by atoms with Crippen LogP contribution in [-0.2, 0) is 9.59 Å². The summed E-state index contributed by atoms with van der Waals surface area (Å²) in [6.45, 7) is 8.00. The molecule has 1 aliphatic heterocycles. The zero-order valence-corrected chi connectivity index (χ0v) is 13.5. The van der Waals surface area contributed by atoms with Crippen molar-refractivity contribution in [3.8, 4) is 0 Å². The zero-order valence-electron chi connectivity index (χ0n) is 12.6. The lowest BCUT2D eigenvalue weighted by Gasteiger charge is -2.34. The molecule has 1 rings (SSSR count). The first kappa shape index (κ1) is 19.1. The van der Waals surface area contributed by atoms with E-state index in [-0.39, 0.29) is 30.8 Å². The molecule has 6 nitrogen and oxygen atoms in total. The minimum absolute atomic E-state index is 0. The number of nitrogens with one attached hydrogen (secondary N) is 2. The Hall–Kier alpha value is -0.850. The van der Waals surface area contributed by atoms with Crippen molar-refractivity contribution in [2.45, 2.75) is 26.3 Å². The van der Waals surface area contributed by atoms with Crippen LogP contribution >= 0.6 is 12.4 Å². The monoisotopic (exact) mass is 306 g/mol. The molecule has 0 saturated carbocycles. The number of nitrogens with zero attached hydrogens (tertiary/aromatic N) is 2. The Morgan fingerprint density at radius 1 is 1.45 bits per heavy atom. The van der Waals surface area contributed by atoms with E-state index >= 15 is 0 Å². The fraction of sp³-hybridized carbons (Fsp3) is 0.846. The Labute approximate surface area is 127 Å². The molecule has 1 fully saturated rings. The molecule has 2 N–H and O–H groups in total. The van der Waals surface area contributed by atoms with Gasteiger partial charge in [-0.1, -0.05) is 6.92 Å². The van der Waals surface area contributed by atoms with E-state index in [1.54, 1.807) is 7.05 Å². The maximum atomic E-state index is 12.0. The first-order valence-corrected chi connectivity index (χ1v) is 7.00. The van der Waals surface area contributed by atoms with Crippen LogP contribution in [0.1, 0.15) is 20.3 Å². The number of carbonyl (C=O) groups excluding carboxylic acids is 2. The van der Waals surface area contributed by atoms with Crippen LogP contribution in [0.5, 0.6) is 0 Å².